The van der Waals surface area contributed by atoms with Crippen LogP contribution in [0.4, 0.5) is 5.69 Å². The van der Waals surface area contributed by atoms with Crippen LogP contribution in [0.15, 0.2) is 16.7 Å². The second-order valence-electron chi connectivity index (χ2n) is 8.81. The first-order chi connectivity index (χ1) is 9.80. The molecule has 0 aromatic carbocycles. The summed E-state index contributed by atoms with van der Waals surface area (Å²) in [5.41, 5.74) is 1.41. The van der Waals surface area contributed by atoms with Crippen LogP contribution in [0.3, 0.4) is 0 Å². The number of nitrogens with one attached hydrogen (secondary N) is 1. The number of hydrogen-bond donors (Lipinski definition) is 1. The minimum Gasteiger partial charge on any atom is -0.467 e. The van der Waals surface area contributed by atoms with E-state index in [9.17, 15) is 4.79 Å². The molecule has 2 atom stereocenters. The average molecular weight is 287 g/mol. The lowest BCUT2D eigenvalue weighted by Gasteiger charge is -2.64. The highest BCUT2D eigenvalue weighted by Crippen LogP contribution is 2.69. The highest BCUT2D eigenvalue weighted by atomic mass is 16.3. The molecular weight excluding hydrogens is 262 g/mol. The summed E-state index contributed by atoms with van der Waals surface area (Å²) >= 11 is 0. The normalized spacial score (nSPS) is 44.0. The maximum absolute atomic E-state index is 13.0. The Morgan fingerprint density at radius 3 is 2.38 bits per heavy atom. The van der Waals surface area contributed by atoms with Crippen LogP contribution in [0.1, 0.15) is 58.1 Å². The Hall–Kier alpha value is -1.25. The zero-order chi connectivity index (χ0) is 14.9. The van der Waals surface area contributed by atoms with Crippen molar-refractivity contribution in [3.8, 4) is 0 Å². The Labute approximate surface area is 126 Å². The van der Waals surface area contributed by atoms with Gasteiger partial charge >= 0.3 is 0 Å². The first kappa shape index (κ1) is 13.4. The number of anilines is 1. The van der Waals surface area contributed by atoms with Crippen molar-refractivity contribution in [2.75, 3.05) is 5.32 Å². The molecule has 3 nitrogen and oxygen atoms in total. The van der Waals surface area contributed by atoms with Gasteiger partial charge in [-0.15, -0.1) is 0 Å². The largest absolute Gasteiger partial charge is 0.467 e. The third kappa shape index (κ3) is 2.04. The first-order valence-electron chi connectivity index (χ1n) is 8.17. The van der Waals surface area contributed by atoms with Gasteiger partial charge in [0.25, 0.3) is 0 Å². The molecule has 0 radical (unpaired) electrons. The fourth-order valence-electron chi connectivity index (χ4n) is 6.47. The van der Waals surface area contributed by atoms with Gasteiger partial charge in [0.1, 0.15) is 12.0 Å². The van der Waals surface area contributed by atoms with E-state index in [1.165, 1.54) is 19.3 Å². The highest BCUT2D eigenvalue weighted by Gasteiger charge is 2.62. The first-order valence-corrected chi connectivity index (χ1v) is 8.17. The third-order valence-corrected chi connectivity index (χ3v) is 6.10. The van der Waals surface area contributed by atoms with E-state index in [-0.39, 0.29) is 11.3 Å². The van der Waals surface area contributed by atoms with Crippen LogP contribution >= 0.6 is 0 Å². The minimum atomic E-state index is -0.145. The molecule has 0 spiro atoms. The molecule has 4 aliphatic carbocycles. The van der Waals surface area contributed by atoms with Crippen molar-refractivity contribution in [1.82, 2.24) is 0 Å². The van der Waals surface area contributed by atoms with E-state index >= 15 is 0 Å². The minimum absolute atomic E-state index is 0.145. The number of aryl methyl sites for hydroxylation is 1. The van der Waals surface area contributed by atoms with Gasteiger partial charge in [-0.05, 0) is 62.2 Å². The second kappa shape index (κ2) is 3.93. The van der Waals surface area contributed by atoms with Crippen molar-refractivity contribution in [3.05, 3.63) is 18.1 Å². The number of furan rings is 1. The maximum Gasteiger partial charge on any atom is 0.230 e. The fraction of sp³-hybridized carbons (Fsp3) is 0.722. The molecule has 1 amide bonds. The van der Waals surface area contributed by atoms with Crippen molar-refractivity contribution in [2.24, 2.45) is 22.2 Å². The molecule has 1 aromatic heterocycles. The average Bonchev–Trinajstić information content (AvgIpc) is 2.69. The molecule has 1 aromatic rings. The predicted octanol–water partition coefficient (Wildman–Crippen LogP) is 4.52. The SMILES string of the molecule is Cc1cc(NC(=O)C23CC4CC(C)(CC(C)(C4)C2)C3)co1. The van der Waals surface area contributed by atoms with Crippen LogP contribution < -0.4 is 5.32 Å². The zero-order valence-electron chi connectivity index (χ0n) is 13.3. The van der Waals surface area contributed by atoms with Crippen molar-refractivity contribution in [1.29, 1.82) is 0 Å². The molecule has 1 heterocycles. The van der Waals surface area contributed by atoms with Gasteiger partial charge in [-0.3, -0.25) is 4.79 Å². The Bertz CT molecular complexity index is 584. The molecule has 4 fully saturated rings. The van der Waals surface area contributed by atoms with Crippen LogP contribution in [0.2, 0.25) is 0 Å². The van der Waals surface area contributed by atoms with Gasteiger partial charge in [0.05, 0.1) is 11.1 Å². The fourth-order valence-corrected chi connectivity index (χ4v) is 6.47. The van der Waals surface area contributed by atoms with Gasteiger partial charge in [0, 0.05) is 6.07 Å². The number of carbonyl (C=O) groups is 1. The number of rotatable bonds is 2. The molecule has 1 N–H and O–H groups in total. The number of amides is 1. The van der Waals surface area contributed by atoms with Crippen molar-refractivity contribution >= 4 is 11.6 Å². The Morgan fingerprint density at radius 1 is 1.19 bits per heavy atom. The van der Waals surface area contributed by atoms with Crippen LogP contribution in [-0.2, 0) is 4.79 Å². The van der Waals surface area contributed by atoms with E-state index in [4.69, 9.17) is 4.42 Å². The molecule has 4 bridgehead atoms. The van der Waals surface area contributed by atoms with E-state index in [2.05, 4.69) is 19.2 Å². The number of carbonyl (C=O) groups excluding carboxylic acids is 1. The van der Waals surface area contributed by atoms with E-state index in [1.54, 1.807) is 6.26 Å². The van der Waals surface area contributed by atoms with Gasteiger partial charge in [0.15, 0.2) is 0 Å². The van der Waals surface area contributed by atoms with Crippen molar-refractivity contribution in [3.63, 3.8) is 0 Å². The van der Waals surface area contributed by atoms with Crippen LogP contribution in [0.25, 0.3) is 0 Å². The molecule has 5 rings (SSSR count). The van der Waals surface area contributed by atoms with E-state index in [1.807, 2.05) is 13.0 Å². The summed E-state index contributed by atoms with van der Waals surface area (Å²) in [7, 11) is 0. The summed E-state index contributed by atoms with van der Waals surface area (Å²) in [6, 6.07) is 1.90. The van der Waals surface area contributed by atoms with Gasteiger partial charge < -0.3 is 9.73 Å². The predicted molar refractivity (Wildman–Crippen MR) is 81.9 cm³/mol. The topological polar surface area (TPSA) is 42.2 Å². The Balaban J connectivity index is 1.63. The molecule has 2 unspecified atom stereocenters. The van der Waals surface area contributed by atoms with Crippen LogP contribution in [0, 0.1) is 29.1 Å². The molecule has 3 heteroatoms. The summed E-state index contributed by atoms with van der Waals surface area (Å²) < 4.78 is 5.31. The van der Waals surface area contributed by atoms with E-state index < -0.39 is 0 Å². The van der Waals surface area contributed by atoms with E-state index in [0.29, 0.717) is 10.8 Å². The lowest BCUT2D eigenvalue weighted by Crippen LogP contribution is -2.58. The molecule has 0 saturated heterocycles. The van der Waals surface area contributed by atoms with Gasteiger partial charge in [-0.25, -0.2) is 0 Å². The monoisotopic (exact) mass is 287 g/mol. The lowest BCUT2D eigenvalue weighted by atomic mass is 9.40. The van der Waals surface area contributed by atoms with Gasteiger partial charge in [-0.2, -0.15) is 0 Å². The standard InChI is InChI=1S/C18H25NO2/c1-12-4-14(8-21-12)19-15(20)18-7-13-5-16(2,10-18)9-17(3,6-13)11-18/h4,8,13H,5-7,9-11H2,1-3H3,(H,19,20). The smallest absolute Gasteiger partial charge is 0.230 e. The lowest BCUT2D eigenvalue weighted by molar-refractivity contribution is -0.165. The van der Waals surface area contributed by atoms with Gasteiger partial charge in [-0.1, -0.05) is 13.8 Å². The summed E-state index contributed by atoms with van der Waals surface area (Å²) in [5, 5.41) is 3.12. The van der Waals surface area contributed by atoms with Crippen molar-refractivity contribution < 1.29 is 9.21 Å². The molecular formula is C18H25NO2. The van der Waals surface area contributed by atoms with Crippen molar-refractivity contribution in [2.45, 2.75) is 59.3 Å². The number of hydrogen-bond acceptors (Lipinski definition) is 2. The van der Waals surface area contributed by atoms with E-state index in [0.717, 1.165) is 36.6 Å². The molecule has 21 heavy (non-hydrogen) atoms. The maximum atomic E-state index is 13.0. The molecule has 4 saturated carbocycles. The van der Waals surface area contributed by atoms with Crippen LogP contribution in [0.5, 0.6) is 0 Å². The molecule has 114 valence electrons. The quantitative estimate of drug-likeness (QED) is 0.868. The molecule has 0 aliphatic heterocycles. The highest BCUT2D eigenvalue weighted by molar-refractivity contribution is 5.95. The third-order valence-electron chi connectivity index (χ3n) is 6.10. The summed E-state index contributed by atoms with van der Waals surface area (Å²) in [6.45, 7) is 6.71. The molecule has 4 aliphatic rings. The zero-order valence-corrected chi connectivity index (χ0v) is 13.3. The second-order valence-corrected chi connectivity index (χ2v) is 8.81. The Morgan fingerprint density at radius 2 is 1.86 bits per heavy atom. The summed E-state index contributed by atoms with van der Waals surface area (Å²) in [6.07, 6.45) is 8.81. The Kier molecular flexibility index (Phi) is 2.51. The summed E-state index contributed by atoms with van der Waals surface area (Å²) in [4.78, 5) is 13.0. The van der Waals surface area contributed by atoms with Crippen LogP contribution in [-0.4, -0.2) is 5.91 Å². The summed E-state index contributed by atoms with van der Waals surface area (Å²) in [5.74, 6) is 1.81. The van der Waals surface area contributed by atoms with Gasteiger partial charge in [0.2, 0.25) is 5.91 Å².